The highest BCUT2D eigenvalue weighted by Crippen LogP contribution is 2.14. The second-order valence-electron chi connectivity index (χ2n) is 6.15. The Morgan fingerprint density at radius 1 is 1.27 bits per heavy atom. The average molecular weight is 306 g/mol. The lowest BCUT2D eigenvalue weighted by molar-refractivity contribution is -0.142. The number of nitrogens with zero attached hydrogens (tertiary/aromatic N) is 1. The minimum Gasteiger partial charge on any atom is -0.480 e. The third-order valence-corrected chi connectivity index (χ3v) is 3.41. The summed E-state index contributed by atoms with van der Waals surface area (Å²) in [5, 5.41) is 11.7. The van der Waals surface area contributed by atoms with Crippen molar-refractivity contribution in [3.8, 4) is 0 Å². The van der Waals surface area contributed by atoms with Gasteiger partial charge in [-0.1, -0.05) is 26.0 Å². The number of nitrogens with one attached hydrogen (secondary N) is 1. The first kappa shape index (κ1) is 18.0. The molecule has 0 aliphatic heterocycles. The molecule has 0 unspecified atom stereocenters. The molecule has 1 amide bonds. The van der Waals surface area contributed by atoms with Gasteiger partial charge in [-0.2, -0.15) is 0 Å². The minimum atomic E-state index is -0.975. The Balaban J connectivity index is 2.54. The zero-order valence-corrected chi connectivity index (χ0v) is 13.8. The molecule has 22 heavy (non-hydrogen) atoms. The third-order valence-electron chi connectivity index (χ3n) is 3.41. The molecule has 0 bridgehead atoms. The molecule has 0 fully saturated rings. The Labute approximate surface area is 132 Å². The molecule has 0 aliphatic carbocycles. The number of anilines is 1. The van der Waals surface area contributed by atoms with Crippen molar-refractivity contribution < 1.29 is 14.7 Å². The summed E-state index contributed by atoms with van der Waals surface area (Å²) in [6, 6.07) is 7.17. The van der Waals surface area contributed by atoms with E-state index >= 15 is 0 Å². The molecule has 0 saturated heterocycles. The minimum absolute atomic E-state index is 0.219. The average Bonchev–Trinajstić information content (AvgIpc) is 2.44. The number of hydrogen-bond acceptors (Lipinski definition) is 3. The highest BCUT2D eigenvalue weighted by Gasteiger charge is 2.20. The van der Waals surface area contributed by atoms with Crippen LogP contribution in [0.5, 0.6) is 0 Å². The van der Waals surface area contributed by atoms with Crippen molar-refractivity contribution in [1.82, 2.24) is 5.32 Å². The van der Waals surface area contributed by atoms with E-state index in [1.54, 1.807) is 0 Å². The monoisotopic (exact) mass is 306 g/mol. The van der Waals surface area contributed by atoms with Gasteiger partial charge < -0.3 is 15.3 Å². The van der Waals surface area contributed by atoms with E-state index in [4.69, 9.17) is 5.11 Å². The Morgan fingerprint density at radius 2 is 1.95 bits per heavy atom. The van der Waals surface area contributed by atoms with E-state index in [1.165, 1.54) is 0 Å². The van der Waals surface area contributed by atoms with E-state index in [2.05, 4.69) is 5.32 Å². The van der Waals surface area contributed by atoms with Crippen molar-refractivity contribution in [3.05, 3.63) is 29.8 Å². The van der Waals surface area contributed by atoms with Crippen LogP contribution in [0, 0.1) is 5.92 Å². The first-order valence-corrected chi connectivity index (χ1v) is 7.58. The quantitative estimate of drug-likeness (QED) is 0.773. The van der Waals surface area contributed by atoms with Gasteiger partial charge in [0, 0.05) is 26.2 Å². The first-order chi connectivity index (χ1) is 10.3. The Morgan fingerprint density at radius 3 is 2.50 bits per heavy atom. The zero-order chi connectivity index (χ0) is 16.7. The normalized spacial score (nSPS) is 12.0. The van der Waals surface area contributed by atoms with Gasteiger partial charge in [-0.15, -0.1) is 0 Å². The van der Waals surface area contributed by atoms with Gasteiger partial charge in [0.25, 0.3) is 0 Å². The molecule has 0 radical (unpaired) electrons. The smallest absolute Gasteiger partial charge is 0.326 e. The van der Waals surface area contributed by atoms with Gasteiger partial charge in [0.2, 0.25) is 5.91 Å². The van der Waals surface area contributed by atoms with Crippen molar-refractivity contribution in [3.63, 3.8) is 0 Å². The molecule has 1 aromatic rings. The summed E-state index contributed by atoms with van der Waals surface area (Å²) in [6.45, 7) is 3.88. The highest BCUT2D eigenvalue weighted by atomic mass is 16.4. The van der Waals surface area contributed by atoms with Crippen molar-refractivity contribution in [1.29, 1.82) is 0 Å². The molecule has 0 aliphatic rings. The highest BCUT2D eigenvalue weighted by molar-refractivity contribution is 5.83. The van der Waals surface area contributed by atoms with Crippen LogP contribution in [0.15, 0.2) is 24.3 Å². The van der Waals surface area contributed by atoms with Gasteiger partial charge >= 0.3 is 5.97 Å². The lowest BCUT2D eigenvalue weighted by Gasteiger charge is -2.17. The van der Waals surface area contributed by atoms with E-state index in [0.717, 1.165) is 11.3 Å². The summed E-state index contributed by atoms with van der Waals surface area (Å²) in [7, 11) is 3.93. The Hall–Kier alpha value is -2.04. The van der Waals surface area contributed by atoms with E-state index in [1.807, 2.05) is 57.1 Å². The SMILES string of the molecule is CC(C)C[C@@H](NC(=O)CCc1cccc(N(C)C)c1)C(=O)O. The van der Waals surface area contributed by atoms with Crippen molar-refractivity contribution in [2.24, 2.45) is 5.92 Å². The maximum absolute atomic E-state index is 11.9. The van der Waals surface area contributed by atoms with Crippen molar-refractivity contribution in [2.45, 2.75) is 39.2 Å². The van der Waals surface area contributed by atoms with Crippen LogP contribution in [0.1, 0.15) is 32.3 Å². The zero-order valence-electron chi connectivity index (χ0n) is 13.8. The van der Waals surface area contributed by atoms with Crippen molar-refractivity contribution in [2.75, 3.05) is 19.0 Å². The number of carbonyl (C=O) groups excluding carboxylic acids is 1. The second-order valence-corrected chi connectivity index (χ2v) is 6.15. The lowest BCUT2D eigenvalue weighted by atomic mass is 10.0. The third kappa shape index (κ3) is 6.16. The van der Waals surface area contributed by atoms with Gasteiger partial charge in [0.1, 0.15) is 6.04 Å². The van der Waals surface area contributed by atoms with Gasteiger partial charge in [-0.25, -0.2) is 4.79 Å². The predicted octanol–water partition coefficient (Wildman–Crippen LogP) is 2.30. The fraction of sp³-hybridized carbons (Fsp3) is 0.529. The molecule has 5 nitrogen and oxygen atoms in total. The van der Waals surface area contributed by atoms with Crippen LogP contribution in [0.4, 0.5) is 5.69 Å². The number of amides is 1. The molecule has 1 aromatic carbocycles. The topological polar surface area (TPSA) is 69.6 Å². The predicted molar refractivity (Wildman–Crippen MR) is 88.1 cm³/mol. The molecule has 0 saturated carbocycles. The molecule has 0 aromatic heterocycles. The number of aryl methyl sites for hydroxylation is 1. The fourth-order valence-electron chi connectivity index (χ4n) is 2.21. The van der Waals surface area contributed by atoms with Crippen LogP contribution in [-0.4, -0.2) is 37.1 Å². The standard InChI is InChI=1S/C17H26N2O3/c1-12(2)10-15(17(21)22)18-16(20)9-8-13-6-5-7-14(11-13)19(3)4/h5-7,11-12,15H,8-10H2,1-4H3,(H,18,20)(H,21,22)/t15-/m1/s1. The molecule has 2 N–H and O–H groups in total. The fourth-order valence-corrected chi connectivity index (χ4v) is 2.21. The summed E-state index contributed by atoms with van der Waals surface area (Å²) >= 11 is 0. The van der Waals surface area contributed by atoms with Crippen LogP contribution in [0.2, 0.25) is 0 Å². The molecular formula is C17H26N2O3. The summed E-state index contributed by atoms with van der Waals surface area (Å²) in [4.78, 5) is 25.1. The van der Waals surface area contributed by atoms with E-state index in [9.17, 15) is 9.59 Å². The summed E-state index contributed by atoms with van der Waals surface area (Å²) < 4.78 is 0. The van der Waals surface area contributed by atoms with Crippen LogP contribution in [-0.2, 0) is 16.0 Å². The van der Waals surface area contributed by atoms with Crippen LogP contribution < -0.4 is 10.2 Å². The second kappa shape index (κ2) is 8.41. The number of hydrogen-bond donors (Lipinski definition) is 2. The summed E-state index contributed by atoms with van der Waals surface area (Å²) in [5.41, 5.74) is 2.15. The lowest BCUT2D eigenvalue weighted by Crippen LogP contribution is -2.41. The van der Waals surface area contributed by atoms with E-state index in [0.29, 0.717) is 19.3 Å². The number of rotatable bonds is 8. The molecule has 5 heteroatoms. The van der Waals surface area contributed by atoms with Gasteiger partial charge in [0.15, 0.2) is 0 Å². The largest absolute Gasteiger partial charge is 0.480 e. The molecule has 0 spiro atoms. The molecular weight excluding hydrogens is 280 g/mol. The molecule has 1 rings (SSSR count). The maximum atomic E-state index is 11.9. The van der Waals surface area contributed by atoms with E-state index in [-0.39, 0.29) is 11.8 Å². The summed E-state index contributed by atoms with van der Waals surface area (Å²) in [6.07, 6.45) is 1.33. The molecule has 0 heterocycles. The Kier molecular flexibility index (Phi) is 6.89. The molecule has 1 atom stereocenters. The summed E-state index contributed by atoms with van der Waals surface area (Å²) in [5.74, 6) is -0.974. The van der Waals surface area contributed by atoms with Gasteiger partial charge in [0.05, 0.1) is 0 Å². The van der Waals surface area contributed by atoms with Crippen molar-refractivity contribution >= 4 is 17.6 Å². The molecule has 122 valence electrons. The number of carbonyl (C=O) groups is 2. The van der Waals surface area contributed by atoms with Crippen LogP contribution in [0.3, 0.4) is 0 Å². The number of aliphatic carboxylic acids is 1. The number of benzene rings is 1. The van der Waals surface area contributed by atoms with Crippen LogP contribution >= 0.6 is 0 Å². The van der Waals surface area contributed by atoms with E-state index < -0.39 is 12.0 Å². The number of carboxylic acid groups (broad SMARTS) is 1. The maximum Gasteiger partial charge on any atom is 0.326 e. The van der Waals surface area contributed by atoms with Gasteiger partial charge in [-0.3, -0.25) is 4.79 Å². The number of carboxylic acids is 1. The first-order valence-electron chi connectivity index (χ1n) is 7.58. The Bertz CT molecular complexity index is 512. The van der Waals surface area contributed by atoms with Crippen LogP contribution in [0.25, 0.3) is 0 Å². The van der Waals surface area contributed by atoms with Gasteiger partial charge in [-0.05, 0) is 36.5 Å².